The molecule has 0 saturated heterocycles. The van der Waals surface area contributed by atoms with Gasteiger partial charge >= 0.3 is 11.9 Å². The van der Waals surface area contributed by atoms with Crippen LogP contribution in [0, 0.1) is 5.92 Å². The van der Waals surface area contributed by atoms with Crippen molar-refractivity contribution in [1.82, 2.24) is 4.90 Å². The first kappa shape index (κ1) is 23.7. The molecular formula is C25H26N2O6S. The van der Waals surface area contributed by atoms with Crippen LogP contribution in [0.4, 0.5) is 5.00 Å². The van der Waals surface area contributed by atoms with Crippen LogP contribution in [0.1, 0.15) is 57.0 Å². The Balaban J connectivity index is 1.38. The predicted octanol–water partition coefficient (Wildman–Crippen LogP) is 3.66. The van der Waals surface area contributed by atoms with Crippen LogP contribution in [-0.2, 0) is 31.9 Å². The zero-order chi connectivity index (χ0) is 24.4. The molecule has 2 aliphatic rings. The maximum absolute atomic E-state index is 12.6. The van der Waals surface area contributed by atoms with Crippen LogP contribution < -0.4 is 5.32 Å². The minimum atomic E-state index is -0.734. The molecule has 0 unspecified atom stereocenters. The fraction of sp³-hybridized carbons (Fsp3) is 0.360. The normalized spacial score (nSPS) is 16.6. The van der Waals surface area contributed by atoms with Crippen molar-refractivity contribution < 1.29 is 28.7 Å². The Labute approximate surface area is 201 Å². The summed E-state index contributed by atoms with van der Waals surface area (Å²) < 4.78 is 10.3. The summed E-state index contributed by atoms with van der Waals surface area (Å²) in [6.45, 7) is 7.11. The largest absolute Gasteiger partial charge is 0.462 e. The Morgan fingerprint density at radius 1 is 1.21 bits per heavy atom. The van der Waals surface area contributed by atoms with E-state index in [0.717, 1.165) is 29.7 Å². The van der Waals surface area contributed by atoms with E-state index in [2.05, 4.69) is 18.8 Å². The average Bonchev–Trinajstić information content (AvgIpc) is 3.27. The van der Waals surface area contributed by atoms with Gasteiger partial charge in [0.25, 0.3) is 11.8 Å². The van der Waals surface area contributed by atoms with Crippen LogP contribution in [0.25, 0.3) is 5.70 Å². The van der Waals surface area contributed by atoms with Gasteiger partial charge in [0.15, 0.2) is 6.61 Å². The Kier molecular flexibility index (Phi) is 6.83. The predicted molar refractivity (Wildman–Crippen MR) is 128 cm³/mol. The molecule has 1 aliphatic carbocycles. The topological polar surface area (TPSA) is 102 Å². The molecule has 0 spiro atoms. The number of thiophene rings is 1. The van der Waals surface area contributed by atoms with Gasteiger partial charge in [-0.25, -0.2) is 4.79 Å². The quantitative estimate of drug-likeness (QED) is 0.605. The summed E-state index contributed by atoms with van der Waals surface area (Å²) in [7, 11) is 0. The lowest BCUT2D eigenvalue weighted by Gasteiger charge is -2.18. The number of rotatable bonds is 7. The Bertz CT molecular complexity index is 1150. The highest BCUT2D eigenvalue weighted by atomic mass is 32.1. The summed E-state index contributed by atoms with van der Waals surface area (Å²) >= 11 is 1.36. The highest BCUT2D eigenvalue weighted by molar-refractivity contribution is 7.17. The number of ether oxygens (including phenoxy) is 2. The van der Waals surface area contributed by atoms with Gasteiger partial charge in [-0.05, 0) is 43.7 Å². The fourth-order valence-corrected chi connectivity index (χ4v) is 5.66. The van der Waals surface area contributed by atoms with Gasteiger partial charge in [-0.15, -0.1) is 11.3 Å². The van der Waals surface area contributed by atoms with Crippen LogP contribution in [0.5, 0.6) is 0 Å². The Hall–Kier alpha value is -3.46. The molecule has 4 rings (SSSR count). The Morgan fingerprint density at radius 3 is 2.65 bits per heavy atom. The number of benzene rings is 1. The van der Waals surface area contributed by atoms with Gasteiger partial charge in [0, 0.05) is 21.7 Å². The van der Waals surface area contributed by atoms with Crippen molar-refractivity contribution in [2.45, 2.75) is 33.1 Å². The highest BCUT2D eigenvalue weighted by Crippen LogP contribution is 2.40. The van der Waals surface area contributed by atoms with Crippen LogP contribution in [0.15, 0.2) is 30.8 Å². The smallest absolute Gasteiger partial charge is 0.341 e. The number of nitrogens with zero attached hydrogens (tertiary/aromatic N) is 1. The van der Waals surface area contributed by atoms with Crippen molar-refractivity contribution in [2.24, 2.45) is 5.92 Å². The van der Waals surface area contributed by atoms with E-state index in [9.17, 15) is 19.2 Å². The van der Waals surface area contributed by atoms with Gasteiger partial charge in [-0.2, -0.15) is 0 Å². The maximum Gasteiger partial charge on any atom is 0.341 e. The first-order valence-electron chi connectivity index (χ1n) is 11.2. The van der Waals surface area contributed by atoms with Crippen LogP contribution in [0.3, 0.4) is 0 Å². The molecule has 2 amide bonds. The Morgan fingerprint density at radius 2 is 1.94 bits per heavy atom. The summed E-state index contributed by atoms with van der Waals surface area (Å²) in [6.07, 6.45) is 2.56. The van der Waals surface area contributed by atoms with Gasteiger partial charge in [0.2, 0.25) is 0 Å². The average molecular weight is 483 g/mol. The summed E-state index contributed by atoms with van der Waals surface area (Å²) in [5.74, 6) is -1.60. The van der Waals surface area contributed by atoms with Gasteiger partial charge in [-0.3, -0.25) is 19.3 Å². The fourth-order valence-electron chi connectivity index (χ4n) is 4.24. The van der Waals surface area contributed by atoms with E-state index in [1.807, 2.05) is 0 Å². The van der Waals surface area contributed by atoms with Crippen LogP contribution in [-0.4, -0.2) is 48.4 Å². The second-order valence-corrected chi connectivity index (χ2v) is 9.47. The third-order valence-electron chi connectivity index (χ3n) is 5.93. The number of fused-ring (bicyclic) bond motifs is 2. The number of amides is 2. The minimum Gasteiger partial charge on any atom is -0.462 e. The highest BCUT2D eigenvalue weighted by Gasteiger charge is 2.33. The number of hydrogen-bond acceptors (Lipinski definition) is 7. The van der Waals surface area contributed by atoms with Gasteiger partial charge < -0.3 is 14.8 Å². The molecule has 2 aromatic rings. The van der Waals surface area contributed by atoms with E-state index in [1.54, 1.807) is 31.2 Å². The monoisotopic (exact) mass is 482 g/mol. The van der Waals surface area contributed by atoms with E-state index in [0.29, 0.717) is 33.3 Å². The van der Waals surface area contributed by atoms with Gasteiger partial charge in [-0.1, -0.05) is 31.7 Å². The molecule has 1 aromatic carbocycles. The second-order valence-electron chi connectivity index (χ2n) is 8.37. The number of carbonyl (C=O) groups excluding carboxylic acids is 4. The lowest BCUT2D eigenvalue weighted by molar-refractivity contribution is -0.147. The molecular weight excluding hydrogens is 456 g/mol. The lowest BCUT2D eigenvalue weighted by atomic mass is 9.88. The molecule has 1 aromatic heterocycles. The third kappa shape index (κ3) is 4.61. The number of carbonyl (C=O) groups is 4. The van der Waals surface area contributed by atoms with Crippen molar-refractivity contribution >= 4 is 45.8 Å². The van der Waals surface area contributed by atoms with Crippen molar-refractivity contribution in [3.8, 4) is 0 Å². The van der Waals surface area contributed by atoms with E-state index >= 15 is 0 Å². The number of nitrogens with one attached hydrogen (secondary N) is 1. The van der Waals surface area contributed by atoms with Gasteiger partial charge in [0.05, 0.1) is 12.2 Å². The number of anilines is 1. The molecule has 34 heavy (non-hydrogen) atoms. The van der Waals surface area contributed by atoms with Crippen molar-refractivity contribution in [3.05, 3.63) is 58.0 Å². The van der Waals surface area contributed by atoms with E-state index in [4.69, 9.17) is 9.47 Å². The molecule has 178 valence electrons. The molecule has 0 radical (unpaired) electrons. The second kappa shape index (κ2) is 9.80. The maximum atomic E-state index is 12.6. The SMILES string of the molecule is C=C1c2ccccc2C(=O)N1CC(=O)OCC(=O)Nc1sc2c(c1C(=O)OCC)CC[C@@H](C)C2. The summed E-state index contributed by atoms with van der Waals surface area (Å²) in [5.41, 5.74) is 2.88. The summed E-state index contributed by atoms with van der Waals surface area (Å²) in [6, 6.07) is 6.96. The zero-order valence-electron chi connectivity index (χ0n) is 19.1. The zero-order valence-corrected chi connectivity index (χ0v) is 20.0. The summed E-state index contributed by atoms with van der Waals surface area (Å²) in [5, 5.41) is 3.12. The molecule has 0 saturated carbocycles. The van der Waals surface area contributed by atoms with Crippen LogP contribution >= 0.6 is 11.3 Å². The lowest BCUT2D eigenvalue weighted by Crippen LogP contribution is -2.32. The van der Waals surface area contributed by atoms with E-state index < -0.39 is 24.5 Å². The molecule has 0 fully saturated rings. The van der Waals surface area contributed by atoms with Crippen molar-refractivity contribution in [2.75, 3.05) is 25.1 Å². The molecule has 8 nitrogen and oxygen atoms in total. The third-order valence-corrected chi connectivity index (χ3v) is 7.10. The molecule has 2 heterocycles. The van der Waals surface area contributed by atoms with Crippen molar-refractivity contribution in [1.29, 1.82) is 0 Å². The first-order chi connectivity index (χ1) is 16.3. The first-order valence-corrected chi connectivity index (χ1v) is 12.0. The molecule has 0 bridgehead atoms. The molecule has 1 atom stereocenters. The molecule has 9 heteroatoms. The van der Waals surface area contributed by atoms with Crippen LogP contribution in [0.2, 0.25) is 0 Å². The number of esters is 2. The standard InChI is InChI=1S/C25H26N2O6S/c1-4-32-25(31)22-18-10-9-14(2)11-19(18)34-23(22)26-20(28)13-33-21(29)12-27-15(3)16-7-5-6-8-17(16)24(27)30/h5-8,14H,3-4,9-13H2,1-2H3,(H,26,28)/t14-/m1/s1. The molecule has 1 aliphatic heterocycles. The molecule has 1 N–H and O–H groups in total. The summed E-state index contributed by atoms with van der Waals surface area (Å²) in [4.78, 5) is 52.3. The van der Waals surface area contributed by atoms with E-state index in [1.165, 1.54) is 16.2 Å². The minimum absolute atomic E-state index is 0.231. The van der Waals surface area contributed by atoms with E-state index in [-0.39, 0.29) is 19.1 Å². The van der Waals surface area contributed by atoms with Crippen molar-refractivity contribution in [3.63, 3.8) is 0 Å². The number of hydrogen-bond donors (Lipinski definition) is 1. The van der Waals surface area contributed by atoms with Gasteiger partial charge in [0.1, 0.15) is 11.5 Å².